The lowest BCUT2D eigenvalue weighted by Crippen LogP contribution is -2.05. The number of aliphatic hydroxyl groups is 1. The fourth-order valence-corrected chi connectivity index (χ4v) is 1.22. The molecule has 0 saturated heterocycles. The van der Waals surface area contributed by atoms with Crippen LogP contribution in [0.1, 0.15) is 34.5 Å². The van der Waals surface area contributed by atoms with Gasteiger partial charge < -0.3 is 10.2 Å². The molecule has 1 rings (SSSR count). The summed E-state index contributed by atoms with van der Waals surface area (Å²) in [6, 6.07) is 4.92. The summed E-state index contributed by atoms with van der Waals surface area (Å²) in [6.07, 6.45) is -0.744. The fraction of sp³-hybridized carbons (Fsp3) is 0.300. The topological polar surface area (TPSA) is 57.5 Å². The van der Waals surface area contributed by atoms with Crippen LogP contribution in [0.15, 0.2) is 18.2 Å². The maximum Gasteiger partial charge on any atom is 0.336 e. The van der Waals surface area contributed by atoms with Crippen LogP contribution < -0.4 is 0 Å². The first-order valence-corrected chi connectivity index (χ1v) is 4.04. The van der Waals surface area contributed by atoms with Crippen LogP contribution in [-0.2, 0) is 0 Å². The van der Waals surface area contributed by atoms with Crippen LogP contribution in [0.25, 0.3) is 0 Å². The van der Waals surface area contributed by atoms with Gasteiger partial charge in [0.2, 0.25) is 0 Å². The number of carboxylic acid groups (broad SMARTS) is 1. The minimum atomic E-state index is -1.00. The number of carboxylic acids is 1. The lowest BCUT2D eigenvalue weighted by Gasteiger charge is -2.09. The molecule has 0 bridgehead atoms. The van der Waals surface area contributed by atoms with Crippen LogP contribution in [0.5, 0.6) is 0 Å². The quantitative estimate of drug-likeness (QED) is 0.728. The van der Waals surface area contributed by atoms with Gasteiger partial charge in [-0.2, -0.15) is 0 Å². The molecule has 1 atom stereocenters. The predicted octanol–water partition coefficient (Wildman–Crippen LogP) is 1.75. The van der Waals surface area contributed by atoms with E-state index in [2.05, 4.69) is 0 Å². The van der Waals surface area contributed by atoms with Crippen molar-refractivity contribution in [3.05, 3.63) is 34.9 Å². The molecule has 1 aromatic rings. The molecular weight excluding hydrogens is 168 g/mol. The molecule has 0 amide bonds. The Morgan fingerprint density at radius 1 is 1.46 bits per heavy atom. The van der Waals surface area contributed by atoms with Crippen molar-refractivity contribution in [2.75, 3.05) is 0 Å². The Bertz CT molecular complexity index is 329. The zero-order valence-corrected chi connectivity index (χ0v) is 7.61. The Labute approximate surface area is 76.6 Å². The highest BCUT2D eigenvalue weighted by Gasteiger charge is 2.13. The summed E-state index contributed by atoms with van der Waals surface area (Å²) in [4.78, 5) is 10.7. The highest BCUT2D eigenvalue weighted by atomic mass is 16.4. The first-order chi connectivity index (χ1) is 6.02. The van der Waals surface area contributed by atoms with Gasteiger partial charge in [0.05, 0.1) is 11.7 Å². The van der Waals surface area contributed by atoms with E-state index in [0.717, 1.165) is 5.56 Å². The third kappa shape index (κ3) is 2.06. The monoisotopic (exact) mass is 180 g/mol. The SMILES string of the molecule is Cc1ccc(C(=O)O)c(C(C)O)c1. The van der Waals surface area contributed by atoms with Gasteiger partial charge >= 0.3 is 5.97 Å². The summed E-state index contributed by atoms with van der Waals surface area (Å²) in [7, 11) is 0. The lowest BCUT2D eigenvalue weighted by atomic mass is 10.0. The van der Waals surface area contributed by atoms with Crippen LogP contribution in [-0.4, -0.2) is 16.2 Å². The average molecular weight is 180 g/mol. The van der Waals surface area contributed by atoms with Crippen molar-refractivity contribution >= 4 is 5.97 Å². The van der Waals surface area contributed by atoms with Gasteiger partial charge in [0.15, 0.2) is 0 Å². The predicted molar refractivity (Wildman–Crippen MR) is 48.8 cm³/mol. The van der Waals surface area contributed by atoms with Gasteiger partial charge in [-0.15, -0.1) is 0 Å². The first kappa shape index (κ1) is 9.74. The number of hydrogen-bond donors (Lipinski definition) is 2. The zero-order valence-electron chi connectivity index (χ0n) is 7.61. The van der Waals surface area contributed by atoms with E-state index in [-0.39, 0.29) is 5.56 Å². The van der Waals surface area contributed by atoms with Gasteiger partial charge in [0, 0.05) is 0 Å². The molecule has 1 unspecified atom stereocenters. The Kier molecular flexibility index (Phi) is 2.68. The molecule has 0 aliphatic rings. The van der Waals surface area contributed by atoms with E-state index in [9.17, 15) is 9.90 Å². The maximum absolute atomic E-state index is 10.7. The van der Waals surface area contributed by atoms with Crippen molar-refractivity contribution in [2.24, 2.45) is 0 Å². The number of rotatable bonds is 2. The van der Waals surface area contributed by atoms with Crippen molar-refractivity contribution in [2.45, 2.75) is 20.0 Å². The van der Waals surface area contributed by atoms with E-state index >= 15 is 0 Å². The van der Waals surface area contributed by atoms with Crippen molar-refractivity contribution < 1.29 is 15.0 Å². The molecule has 1 aromatic carbocycles. The largest absolute Gasteiger partial charge is 0.478 e. The molecule has 0 fully saturated rings. The van der Waals surface area contributed by atoms with Gasteiger partial charge in [-0.3, -0.25) is 0 Å². The van der Waals surface area contributed by atoms with E-state index < -0.39 is 12.1 Å². The number of benzene rings is 1. The van der Waals surface area contributed by atoms with Crippen LogP contribution >= 0.6 is 0 Å². The highest BCUT2D eigenvalue weighted by Crippen LogP contribution is 2.19. The Morgan fingerprint density at radius 2 is 2.08 bits per heavy atom. The summed E-state index contributed by atoms with van der Waals surface area (Å²) < 4.78 is 0. The maximum atomic E-state index is 10.7. The summed E-state index contributed by atoms with van der Waals surface area (Å²) in [6.45, 7) is 3.42. The van der Waals surface area contributed by atoms with Gasteiger partial charge in [-0.25, -0.2) is 4.79 Å². The van der Waals surface area contributed by atoms with Crippen molar-refractivity contribution in [1.29, 1.82) is 0 Å². The van der Waals surface area contributed by atoms with Crippen LogP contribution in [0, 0.1) is 6.92 Å². The number of aryl methyl sites for hydroxylation is 1. The second-order valence-corrected chi connectivity index (χ2v) is 3.07. The van der Waals surface area contributed by atoms with Crippen molar-refractivity contribution in [3.8, 4) is 0 Å². The fourth-order valence-electron chi connectivity index (χ4n) is 1.22. The van der Waals surface area contributed by atoms with Crippen LogP contribution in [0.3, 0.4) is 0 Å². The minimum absolute atomic E-state index is 0.167. The molecular formula is C10H12O3. The van der Waals surface area contributed by atoms with Gasteiger partial charge in [0.1, 0.15) is 0 Å². The molecule has 0 spiro atoms. The van der Waals surface area contributed by atoms with Gasteiger partial charge in [-0.1, -0.05) is 17.7 Å². The van der Waals surface area contributed by atoms with E-state index in [1.54, 1.807) is 19.1 Å². The Balaban J connectivity index is 3.26. The molecule has 3 nitrogen and oxygen atoms in total. The van der Waals surface area contributed by atoms with E-state index in [1.807, 2.05) is 6.92 Å². The normalized spacial score (nSPS) is 12.5. The van der Waals surface area contributed by atoms with E-state index in [0.29, 0.717) is 5.56 Å². The minimum Gasteiger partial charge on any atom is -0.478 e. The average Bonchev–Trinajstić information content (AvgIpc) is 2.03. The highest BCUT2D eigenvalue weighted by molar-refractivity contribution is 5.89. The summed E-state index contributed by atoms with van der Waals surface area (Å²) >= 11 is 0. The Hall–Kier alpha value is -1.35. The summed E-state index contributed by atoms with van der Waals surface area (Å²) in [5, 5.41) is 18.1. The van der Waals surface area contributed by atoms with Gasteiger partial charge in [0.25, 0.3) is 0 Å². The second-order valence-electron chi connectivity index (χ2n) is 3.07. The smallest absolute Gasteiger partial charge is 0.336 e. The Morgan fingerprint density at radius 3 is 2.54 bits per heavy atom. The molecule has 0 aromatic heterocycles. The molecule has 0 radical (unpaired) electrons. The molecule has 70 valence electrons. The number of hydrogen-bond acceptors (Lipinski definition) is 2. The third-order valence-corrected chi connectivity index (χ3v) is 1.89. The number of aliphatic hydroxyl groups excluding tert-OH is 1. The van der Waals surface area contributed by atoms with Crippen LogP contribution in [0.2, 0.25) is 0 Å². The molecule has 3 heteroatoms. The summed E-state index contributed by atoms with van der Waals surface area (Å²) in [5.74, 6) is -1.00. The van der Waals surface area contributed by atoms with Crippen molar-refractivity contribution in [1.82, 2.24) is 0 Å². The third-order valence-electron chi connectivity index (χ3n) is 1.89. The molecule has 2 N–H and O–H groups in total. The van der Waals surface area contributed by atoms with E-state index in [4.69, 9.17) is 5.11 Å². The first-order valence-electron chi connectivity index (χ1n) is 4.04. The molecule has 13 heavy (non-hydrogen) atoms. The lowest BCUT2D eigenvalue weighted by molar-refractivity contribution is 0.0690. The molecule has 0 saturated carbocycles. The summed E-state index contributed by atoms with van der Waals surface area (Å²) in [5.41, 5.74) is 1.58. The molecule has 0 aliphatic heterocycles. The molecule has 0 aliphatic carbocycles. The number of aromatic carboxylic acids is 1. The standard InChI is InChI=1S/C10H12O3/c1-6-3-4-8(10(12)13)9(5-6)7(2)11/h3-5,7,11H,1-2H3,(H,12,13). The molecule has 0 heterocycles. The second kappa shape index (κ2) is 3.58. The number of carbonyl (C=O) groups is 1. The van der Waals surface area contributed by atoms with E-state index in [1.165, 1.54) is 6.07 Å². The van der Waals surface area contributed by atoms with Crippen LogP contribution in [0.4, 0.5) is 0 Å². The van der Waals surface area contributed by atoms with Crippen molar-refractivity contribution in [3.63, 3.8) is 0 Å². The zero-order chi connectivity index (χ0) is 10.0. The van der Waals surface area contributed by atoms with Gasteiger partial charge in [-0.05, 0) is 25.5 Å².